The van der Waals surface area contributed by atoms with Crippen molar-refractivity contribution in [2.75, 3.05) is 19.7 Å². The minimum atomic E-state index is -0.293. The number of hydrogen-bond acceptors (Lipinski definition) is 3. The zero-order chi connectivity index (χ0) is 18.0. The van der Waals surface area contributed by atoms with Gasteiger partial charge in [0.2, 0.25) is 0 Å². The van der Waals surface area contributed by atoms with Crippen LogP contribution >= 0.6 is 0 Å². The summed E-state index contributed by atoms with van der Waals surface area (Å²) in [5.41, 5.74) is 2.68. The van der Waals surface area contributed by atoms with Crippen LogP contribution in [0.5, 0.6) is 0 Å². The number of carbonyl (C=O) groups excluding carboxylic acids is 1. The number of hydrazine groups is 1. The average Bonchev–Trinajstić information content (AvgIpc) is 3.41. The van der Waals surface area contributed by atoms with Crippen molar-refractivity contribution >= 4 is 6.09 Å². The molecule has 1 fully saturated rings. The Balaban J connectivity index is 1.64. The third-order valence-corrected chi connectivity index (χ3v) is 4.93. The highest BCUT2D eigenvalue weighted by Gasteiger charge is 2.19. The van der Waals surface area contributed by atoms with Crippen LogP contribution in [0, 0.1) is 0 Å². The van der Waals surface area contributed by atoms with Gasteiger partial charge in [0.25, 0.3) is 0 Å². The van der Waals surface area contributed by atoms with Gasteiger partial charge in [0, 0.05) is 13.1 Å². The molecular weight excluding hydrogens is 312 g/mol. The highest BCUT2D eigenvalue weighted by molar-refractivity contribution is 5.66. The monoisotopic (exact) mass is 354 g/mol. The predicted molar refractivity (Wildman–Crippen MR) is 106 cm³/mol. The first-order valence-electron chi connectivity index (χ1n) is 11.0. The molecule has 0 radical (unpaired) electrons. The summed E-state index contributed by atoms with van der Waals surface area (Å²) < 4.78 is 5.12. The first-order valence-corrected chi connectivity index (χ1v) is 11.0. The van der Waals surface area contributed by atoms with Crippen molar-refractivity contribution in [3.05, 3.63) is 0 Å². The second kappa shape index (κ2) is 16.7. The minimum Gasteiger partial charge on any atom is -0.449 e. The zero-order valence-electron chi connectivity index (χ0n) is 16.7. The van der Waals surface area contributed by atoms with E-state index in [1.807, 2.05) is 5.01 Å². The molecule has 1 rings (SSSR count). The van der Waals surface area contributed by atoms with Gasteiger partial charge in [-0.3, -0.25) is 5.43 Å². The van der Waals surface area contributed by atoms with Gasteiger partial charge >= 0.3 is 6.09 Å². The van der Waals surface area contributed by atoms with Crippen LogP contribution in [0.4, 0.5) is 4.79 Å². The molecule has 0 unspecified atom stereocenters. The number of carbonyl (C=O) groups is 1. The average molecular weight is 355 g/mol. The van der Waals surface area contributed by atoms with Gasteiger partial charge in [-0.2, -0.15) is 0 Å². The second-order valence-corrected chi connectivity index (χ2v) is 7.54. The highest BCUT2D eigenvalue weighted by atomic mass is 16.6. The largest absolute Gasteiger partial charge is 0.449 e. The van der Waals surface area contributed by atoms with Crippen molar-refractivity contribution in [3.63, 3.8) is 0 Å². The number of hydrogen-bond donors (Lipinski definition) is 1. The van der Waals surface area contributed by atoms with Crippen LogP contribution in [-0.4, -0.2) is 30.8 Å². The van der Waals surface area contributed by atoms with E-state index in [0.29, 0.717) is 6.61 Å². The first-order chi connectivity index (χ1) is 12.3. The van der Waals surface area contributed by atoms with Crippen molar-refractivity contribution in [1.82, 2.24) is 10.4 Å². The van der Waals surface area contributed by atoms with Crippen molar-refractivity contribution in [2.24, 2.45) is 0 Å². The molecule has 0 spiro atoms. The van der Waals surface area contributed by atoms with E-state index in [-0.39, 0.29) is 6.09 Å². The molecule has 4 nitrogen and oxygen atoms in total. The van der Waals surface area contributed by atoms with Gasteiger partial charge in [-0.25, -0.2) is 9.80 Å². The summed E-state index contributed by atoms with van der Waals surface area (Å²) in [6, 6.07) is 0. The summed E-state index contributed by atoms with van der Waals surface area (Å²) in [5.74, 6) is 0. The number of unbranched alkanes of at least 4 members (excludes halogenated alkanes) is 15. The summed E-state index contributed by atoms with van der Waals surface area (Å²) >= 11 is 0. The number of rotatable bonds is 18. The summed E-state index contributed by atoms with van der Waals surface area (Å²) in [6.45, 7) is 4.74. The van der Waals surface area contributed by atoms with Gasteiger partial charge in [0.15, 0.2) is 0 Å². The van der Waals surface area contributed by atoms with Crippen LogP contribution in [0.2, 0.25) is 0 Å². The molecule has 1 heterocycles. The van der Waals surface area contributed by atoms with Gasteiger partial charge in [-0.05, 0) is 6.42 Å². The Labute approximate surface area is 156 Å². The van der Waals surface area contributed by atoms with Crippen molar-refractivity contribution in [1.29, 1.82) is 0 Å². The topological polar surface area (TPSA) is 41.3 Å². The Bertz CT molecular complexity index is 306. The Morgan fingerprint density at radius 1 is 0.720 bits per heavy atom. The Hall–Kier alpha value is -0.770. The summed E-state index contributed by atoms with van der Waals surface area (Å²) in [6.07, 6.45) is 21.5. The van der Waals surface area contributed by atoms with Crippen LogP contribution in [-0.2, 0) is 4.74 Å². The fourth-order valence-corrected chi connectivity index (χ4v) is 3.14. The Morgan fingerprint density at radius 3 is 1.52 bits per heavy atom. The van der Waals surface area contributed by atoms with E-state index in [1.165, 1.54) is 96.3 Å². The molecule has 1 amide bonds. The number of nitrogens with one attached hydrogen (secondary N) is 1. The Kier molecular flexibility index (Phi) is 14.9. The fraction of sp³-hybridized carbons (Fsp3) is 0.952. The lowest BCUT2D eigenvalue weighted by Gasteiger charge is -2.06. The molecule has 148 valence electrons. The number of ether oxygens (including phenoxy) is 1. The molecular formula is C21H42N2O2. The van der Waals surface area contributed by atoms with E-state index in [1.54, 1.807) is 0 Å². The molecule has 4 heteroatoms. The maximum absolute atomic E-state index is 11.3. The van der Waals surface area contributed by atoms with E-state index < -0.39 is 0 Å². The first kappa shape index (κ1) is 22.3. The van der Waals surface area contributed by atoms with E-state index in [0.717, 1.165) is 19.5 Å². The Morgan fingerprint density at radius 2 is 1.12 bits per heavy atom. The standard InChI is InChI=1S/C21H42N2O2/c1-2-3-4-5-6-7-8-9-10-11-12-13-14-15-16-17-20-25-21(24)22-23-18-19-23/h2-20H2,1H3,(H,22,24). The predicted octanol–water partition coefficient (Wildman–Crippen LogP) is 6.20. The van der Waals surface area contributed by atoms with Crippen LogP contribution in [0.3, 0.4) is 0 Å². The maximum atomic E-state index is 11.3. The van der Waals surface area contributed by atoms with Gasteiger partial charge in [0.1, 0.15) is 0 Å². The molecule has 0 atom stereocenters. The third kappa shape index (κ3) is 16.4. The molecule has 0 bridgehead atoms. The quantitative estimate of drug-likeness (QED) is 0.235. The number of nitrogens with zero attached hydrogens (tertiary/aromatic N) is 1. The molecule has 0 aromatic rings. The molecule has 1 saturated heterocycles. The summed E-state index contributed by atoms with van der Waals surface area (Å²) in [7, 11) is 0. The molecule has 1 aliphatic rings. The van der Waals surface area contributed by atoms with Crippen LogP contribution in [0.1, 0.15) is 110 Å². The fourth-order valence-electron chi connectivity index (χ4n) is 3.14. The molecule has 1 aliphatic heterocycles. The molecule has 1 N–H and O–H groups in total. The zero-order valence-corrected chi connectivity index (χ0v) is 16.7. The van der Waals surface area contributed by atoms with Crippen LogP contribution in [0.25, 0.3) is 0 Å². The summed E-state index contributed by atoms with van der Waals surface area (Å²) in [5, 5.41) is 1.84. The van der Waals surface area contributed by atoms with Crippen LogP contribution < -0.4 is 5.43 Å². The van der Waals surface area contributed by atoms with Gasteiger partial charge in [-0.15, -0.1) is 0 Å². The maximum Gasteiger partial charge on any atom is 0.421 e. The van der Waals surface area contributed by atoms with Crippen LogP contribution in [0.15, 0.2) is 0 Å². The van der Waals surface area contributed by atoms with Gasteiger partial charge < -0.3 is 4.74 Å². The third-order valence-electron chi connectivity index (χ3n) is 4.93. The van der Waals surface area contributed by atoms with Crippen molar-refractivity contribution < 1.29 is 9.53 Å². The van der Waals surface area contributed by atoms with Crippen molar-refractivity contribution in [3.8, 4) is 0 Å². The molecule has 25 heavy (non-hydrogen) atoms. The minimum absolute atomic E-state index is 0.293. The van der Waals surface area contributed by atoms with E-state index in [4.69, 9.17) is 4.74 Å². The van der Waals surface area contributed by atoms with Gasteiger partial charge in [0.05, 0.1) is 6.61 Å². The van der Waals surface area contributed by atoms with E-state index in [9.17, 15) is 4.79 Å². The number of amides is 1. The smallest absolute Gasteiger partial charge is 0.421 e. The van der Waals surface area contributed by atoms with Crippen molar-refractivity contribution in [2.45, 2.75) is 110 Å². The lowest BCUT2D eigenvalue weighted by atomic mass is 10.0. The normalized spacial score (nSPS) is 13.8. The highest BCUT2D eigenvalue weighted by Crippen LogP contribution is 2.13. The SMILES string of the molecule is CCCCCCCCCCCCCCCCCCOC(=O)NN1CC1. The second-order valence-electron chi connectivity index (χ2n) is 7.54. The lowest BCUT2D eigenvalue weighted by molar-refractivity contribution is 0.130. The van der Waals surface area contributed by atoms with E-state index in [2.05, 4.69) is 12.3 Å². The molecule has 0 aliphatic carbocycles. The lowest BCUT2D eigenvalue weighted by Crippen LogP contribution is -2.29. The summed E-state index contributed by atoms with van der Waals surface area (Å²) in [4.78, 5) is 11.3. The molecule has 0 aromatic carbocycles. The van der Waals surface area contributed by atoms with E-state index >= 15 is 0 Å². The van der Waals surface area contributed by atoms with Gasteiger partial charge in [-0.1, -0.05) is 103 Å². The molecule has 0 saturated carbocycles. The molecule has 0 aromatic heterocycles.